The standard InChI is InChI=1S/C19H25N5O3/c1-11(2)10-23-15-8-14(12-4-3-7-20-9-12)22-24(15)19(27)16(18(23)26)17(25)21-13-5-6-13/h4,8,11,13,20,27H,3,5-7,9-10H2,1-2H3,(H,21,25). The molecule has 8 heteroatoms. The van der Waals surface area contributed by atoms with Crippen LogP contribution >= 0.6 is 0 Å². The third kappa shape index (κ3) is 3.37. The minimum Gasteiger partial charge on any atom is -0.492 e. The molecule has 1 aliphatic carbocycles. The van der Waals surface area contributed by atoms with Gasteiger partial charge < -0.3 is 15.7 Å². The zero-order valence-corrected chi connectivity index (χ0v) is 15.7. The van der Waals surface area contributed by atoms with Gasteiger partial charge in [0.05, 0.1) is 5.69 Å². The van der Waals surface area contributed by atoms with Gasteiger partial charge in [-0.15, -0.1) is 0 Å². The molecule has 1 saturated carbocycles. The largest absolute Gasteiger partial charge is 0.492 e. The highest BCUT2D eigenvalue weighted by molar-refractivity contribution is 5.96. The van der Waals surface area contributed by atoms with Crippen LogP contribution in [0.1, 0.15) is 49.2 Å². The lowest BCUT2D eigenvalue weighted by molar-refractivity contribution is 0.0944. The number of hydrogen-bond donors (Lipinski definition) is 3. The first-order valence-electron chi connectivity index (χ1n) is 9.52. The lowest BCUT2D eigenvalue weighted by atomic mass is 10.1. The average molecular weight is 371 g/mol. The lowest BCUT2D eigenvalue weighted by Crippen LogP contribution is -2.36. The Labute approximate surface area is 156 Å². The fourth-order valence-corrected chi connectivity index (χ4v) is 3.38. The second-order valence-corrected chi connectivity index (χ2v) is 7.75. The summed E-state index contributed by atoms with van der Waals surface area (Å²) in [6.45, 7) is 6.06. The Kier molecular flexibility index (Phi) is 4.51. The molecule has 0 aromatic carbocycles. The molecule has 0 radical (unpaired) electrons. The summed E-state index contributed by atoms with van der Waals surface area (Å²) < 4.78 is 2.86. The van der Waals surface area contributed by atoms with Crippen molar-refractivity contribution in [1.29, 1.82) is 0 Å². The van der Waals surface area contributed by atoms with Gasteiger partial charge in [-0.3, -0.25) is 14.2 Å². The van der Waals surface area contributed by atoms with Crippen LogP contribution in [0.3, 0.4) is 0 Å². The van der Waals surface area contributed by atoms with Gasteiger partial charge in [-0.05, 0) is 37.3 Å². The number of nitrogens with zero attached hydrogens (tertiary/aromatic N) is 3. The van der Waals surface area contributed by atoms with Gasteiger partial charge >= 0.3 is 0 Å². The lowest BCUT2D eigenvalue weighted by Gasteiger charge is -2.14. The Morgan fingerprint density at radius 2 is 2.22 bits per heavy atom. The van der Waals surface area contributed by atoms with E-state index in [2.05, 4.69) is 21.8 Å². The molecular weight excluding hydrogens is 346 g/mol. The van der Waals surface area contributed by atoms with Gasteiger partial charge in [0, 0.05) is 25.2 Å². The van der Waals surface area contributed by atoms with E-state index in [0.717, 1.165) is 31.4 Å². The van der Waals surface area contributed by atoms with Crippen molar-refractivity contribution in [1.82, 2.24) is 24.8 Å². The third-order valence-corrected chi connectivity index (χ3v) is 4.89. The molecule has 144 valence electrons. The van der Waals surface area contributed by atoms with Crippen LogP contribution in [0.2, 0.25) is 0 Å². The number of rotatable bonds is 5. The molecule has 1 aliphatic heterocycles. The second-order valence-electron chi connectivity index (χ2n) is 7.75. The summed E-state index contributed by atoms with van der Waals surface area (Å²) in [5.41, 5.74) is 1.51. The van der Waals surface area contributed by atoms with Crippen LogP contribution in [0.25, 0.3) is 11.2 Å². The quantitative estimate of drug-likeness (QED) is 0.731. The van der Waals surface area contributed by atoms with Crippen molar-refractivity contribution in [2.45, 2.75) is 45.7 Å². The van der Waals surface area contributed by atoms with Crippen LogP contribution in [0.5, 0.6) is 5.88 Å². The molecule has 2 aromatic heterocycles. The van der Waals surface area contributed by atoms with Gasteiger partial charge in [-0.25, -0.2) is 0 Å². The number of amides is 1. The van der Waals surface area contributed by atoms with E-state index in [-0.39, 0.29) is 17.5 Å². The Morgan fingerprint density at radius 3 is 2.85 bits per heavy atom. The number of carbonyl (C=O) groups is 1. The number of fused-ring (bicyclic) bond motifs is 1. The van der Waals surface area contributed by atoms with E-state index in [0.29, 0.717) is 24.4 Å². The van der Waals surface area contributed by atoms with Crippen molar-refractivity contribution in [3.63, 3.8) is 0 Å². The molecule has 0 spiro atoms. The molecular formula is C19H25N5O3. The average Bonchev–Trinajstić information content (AvgIpc) is 3.33. The van der Waals surface area contributed by atoms with Crippen LogP contribution in [0.4, 0.5) is 0 Å². The second kappa shape index (κ2) is 6.84. The molecule has 27 heavy (non-hydrogen) atoms. The molecule has 0 unspecified atom stereocenters. The predicted octanol–water partition coefficient (Wildman–Crippen LogP) is 1.13. The van der Waals surface area contributed by atoms with Crippen LogP contribution in [-0.4, -0.2) is 44.3 Å². The van der Waals surface area contributed by atoms with E-state index >= 15 is 0 Å². The van der Waals surface area contributed by atoms with Gasteiger partial charge in [0.1, 0.15) is 5.65 Å². The van der Waals surface area contributed by atoms with E-state index < -0.39 is 17.3 Å². The predicted molar refractivity (Wildman–Crippen MR) is 102 cm³/mol. The van der Waals surface area contributed by atoms with E-state index in [4.69, 9.17) is 0 Å². The van der Waals surface area contributed by atoms with Crippen LogP contribution < -0.4 is 16.2 Å². The molecule has 2 aliphatic rings. The molecule has 0 saturated heterocycles. The molecule has 0 bridgehead atoms. The number of nitrogens with one attached hydrogen (secondary N) is 2. The number of hydrogen-bond acceptors (Lipinski definition) is 5. The van der Waals surface area contributed by atoms with Gasteiger partial charge in [0.2, 0.25) is 5.88 Å². The molecule has 4 rings (SSSR count). The summed E-state index contributed by atoms with van der Waals surface area (Å²) in [4.78, 5) is 25.6. The van der Waals surface area contributed by atoms with E-state index in [9.17, 15) is 14.7 Å². The number of carbonyl (C=O) groups excluding carboxylic acids is 1. The van der Waals surface area contributed by atoms with Gasteiger partial charge in [0.25, 0.3) is 11.5 Å². The first-order chi connectivity index (χ1) is 13.0. The Morgan fingerprint density at radius 1 is 1.44 bits per heavy atom. The summed E-state index contributed by atoms with van der Waals surface area (Å²) in [7, 11) is 0. The normalized spacial score (nSPS) is 17.4. The van der Waals surface area contributed by atoms with Gasteiger partial charge in [0.15, 0.2) is 5.56 Å². The molecule has 3 N–H and O–H groups in total. The zero-order chi connectivity index (χ0) is 19.1. The Hall–Kier alpha value is -2.61. The van der Waals surface area contributed by atoms with E-state index in [1.54, 1.807) is 4.57 Å². The zero-order valence-electron chi connectivity index (χ0n) is 15.7. The van der Waals surface area contributed by atoms with E-state index in [1.807, 2.05) is 19.9 Å². The van der Waals surface area contributed by atoms with Crippen molar-refractivity contribution < 1.29 is 9.90 Å². The van der Waals surface area contributed by atoms with Crippen molar-refractivity contribution in [3.8, 4) is 5.88 Å². The summed E-state index contributed by atoms with van der Waals surface area (Å²) in [5, 5.41) is 21.3. The molecule has 1 fully saturated rings. The highest BCUT2D eigenvalue weighted by Gasteiger charge is 2.29. The molecule has 1 amide bonds. The summed E-state index contributed by atoms with van der Waals surface area (Å²) >= 11 is 0. The van der Waals surface area contributed by atoms with Crippen LogP contribution in [0.15, 0.2) is 16.9 Å². The van der Waals surface area contributed by atoms with Crippen molar-refractivity contribution in [3.05, 3.63) is 33.8 Å². The first-order valence-corrected chi connectivity index (χ1v) is 9.52. The maximum absolute atomic E-state index is 13.0. The highest BCUT2D eigenvalue weighted by atomic mass is 16.3. The summed E-state index contributed by atoms with van der Waals surface area (Å²) in [6, 6.07) is 1.91. The van der Waals surface area contributed by atoms with Crippen molar-refractivity contribution in [2.24, 2.45) is 5.92 Å². The molecule has 8 nitrogen and oxygen atoms in total. The van der Waals surface area contributed by atoms with Crippen LogP contribution in [0, 0.1) is 5.92 Å². The molecule has 3 heterocycles. The fraction of sp³-hybridized carbons (Fsp3) is 0.526. The summed E-state index contributed by atoms with van der Waals surface area (Å²) in [6.07, 6.45) is 4.83. The fourth-order valence-electron chi connectivity index (χ4n) is 3.38. The minimum atomic E-state index is -0.532. The van der Waals surface area contributed by atoms with Crippen LogP contribution in [-0.2, 0) is 6.54 Å². The Balaban J connectivity index is 1.89. The number of aromatic hydroxyl groups is 1. The maximum Gasteiger partial charge on any atom is 0.270 e. The Bertz CT molecular complexity index is 981. The monoisotopic (exact) mass is 371 g/mol. The maximum atomic E-state index is 13.0. The van der Waals surface area contributed by atoms with Crippen molar-refractivity contribution in [2.75, 3.05) is 13.1 Å². The van der Waals surface area contributed by atoms with Gasteiger partial charge in [-0.1, -0.05) is 19.9 Å². The van der Waals surface area contributed by atoms with E-state index in [1.165, 1.54) is 4.52 Å². The SMILES string of the molecule is CC(C)Cn1c(=O)c(C(=O)NC2CC2)c(O)n2nc(C3=CCCNC3)cc12. The van der Waals surface area contributed by atoms with Gasteiger partial charge in [-0.2, -0.15) is 9.61 Å². The van der Waals surface area contributed by atoms with Crippen molar-refractivity contribution >= 4 is 17.1 Å². The molecule has 2 aromatic rings. The third-order valence-electron chi connectivity index (χ3n) is 4.89. The topological polar surface area (TPSA) is 101 Å². The molecule has 0 atom stereocenters. The first kappa shape index (κ1) is 17.8. The smallest absolute Gasteiger partial charge is 0.270 e. The summed E-state index contributed by atoms with van der Waals surface area (Å²) in [5.74, 6) is -0.733. The highest BCUT2D eigenvalue weighted by Crippen LogP contribution is 2.24. The number of aromatic nitrogens is 3. The minimum absolute atomic E-state index is 0.0946.